The fraction of sp³-hybridized carbons (Fsp3) is 0.692. The van der Waals surface area contributed by atoms with E-state index >= 15 is 0 Å². The lowest BCUT2D eigenvalue weighted by atomic mass is 10.2. The van der Waals surface area contributed by atoms with Gasteiger partial charge in [0.05, 0.1) is 5.75 Å². The second-order valence-corrected chi connectivity index (χ2v) is 7.44. The molecule has 0 bridgehead atoms. The molecule has 1 heterocycles. The maximum atomic E-state index is 11.5. The standard InChI is InChI=1S/C13H24N4O2S/c1-6-20(18,19)8-7-15-13-10(4)12(14-5)16-11(17-13)9(2)3/h9H,6-8H2,1-5H3,(H2,14,15,16,17). The van der Waals surface area contributed by atoms with E-state index in [0.29, 0.717) is 12.4 Å². The Hall–Kier alpha value is -1.37. The van der Waals surface area contributed by atoms with E-state index in [2.05, 4.69) is 20.6 Å². The molecule has 0 amide bonds. The molecule has 0 radical (unpaired) electrons. The summed E-state index contributed by atoms with van der Waals surface area (Å²) in [6.45, 7) is 7.97. The van der Waals surface area contributed by atoms with Gasteiger partial charge >= 0.3 is 0 Å². The molecule has 0 aliphatic heterocycles. The van der Waals surface area contributed by atoms with Crippen LogP contribution in [0, 0.1) is 6.92 Å². The van der Waals surface area contributed by atoms with Gasteiger partial charge in [0.25, 0.3) is 0 Å². The quantitative estimate of drug-likeness (QED) is 0.799. The van der Waals surface area contributed by atoms with E-state index in [-0.39, 0.29) is 17.4 Å². The van der Waals surface area contributed by atoms with Gasteiger partial charge in [-0.2, -0.15) is 0 Å². The number of sulfone groups is 1. The number of hydrogen-bond donors (Lipinski definition) is 2. The van der Waals surface area contributed by atoms with Gasteiger partial charge in [-0.15, -0.1) is 0 Å². The van der Waals surface area contributed by atoms with Crippen LogP contribution in [0.5, 0.6) is 0 Å². The van der Waals surface area contributed by atoms with Crippen molar-refractivity contribution < 1.29 is 8.42 Å². The van der Waals surface area contributed by atoms with E-state index in [1.807, 2.05) is 27.8 Å². The molecule has 1 aromatic rings. The van der Waals surface area contributed by atoms with E-state index in [0.717, 1.165) is 17.2 Å². The molecule has 114 valence electrons. The Labute approximate surface area is 121 Å². The van der Waals surface area contributed by atoms with E-state index in [1.54, 1.807) is 6.92 Å². The molecule has 0 aliphatic rings. The van der Waals surface area contributed by atoms with Gasteiger partial charge in [0.2, 0.25) is 0 Å². The molecule has 0 spiro atoms. The highest BCUT2D eigenvalue weighted by molar-refractivity contribution is 7.91. The molecule has 0 unspecified atom stereocenters. The summed E-state index contributed by atoms with van der Waals surface area (Å²) in [7, 11) is -1.16. The van der Waals surface area contributed by atoms with Crippen LogP contribution in [-0.2, 0) is 9.84 Å². The fourth-order valence-electron chi connectivity index (χ4n) is 1.68. The van der Waals surface area contributed by atoms with Gasteiger partial charge in [0.15, 0.2) is 9.84 Å². The number of hydrogen-bond acceptors (Lipinski definition) is 6. The molecule has 0 saturated carbocycles. The van der Waals surface area contributed by atoms with Crippen molar-refractivity contribution in [2.75, 3.05) is 35.7 Å². The van der Waals surface area contributed by atoms with Crippen molar-refractivity contribution in [1.29, 1.82) is 0 Å². The molecule has 6 nitrogen and oxygen atoms in total. The first kappa shape index (κ1) is 16.7. The van der Waals surface area contributed by atoms with Crippen LogP contribution in [-0.4, -0.2) is 43.5 Å². The zero-order valence-corrected chi connectivity index (χ0v) is 13.6. The molecular weight excluding hydrogens is 276 g/mol. The Morgan fingerprint density at radius 1 is 1.20 bits per heavy atom. The number of anilines is 2. The molecule has 0 aliphatic carbocycles. The lowest BCUT2D eigenvalue weighted by molar-refractivity contribution is 0.597. The highest BCUT2D eigenvalue weighted by Crippen LogP contribution is 2.22. The highest BCUT2D eigenvalue weighted by atomic mass is 32.2. The maximum Gasteiger partial charge on any atom is 0.151 e. The van der Waals surface area contributed by atoms with Gasteiger partial charge in [-0.25, -0.2) is 18.4 Å². The van der Waals surface area contributed by atoms with Crippen LogP contribution < -0.4 is 10.6 Å². The largest absolute Gasteiger partial charge is 0.373 e. The zero-order valence-electron chi connectivity index (χ0n) is 12.8. The van der Waals surface area contributed by atoms with Crippen LogP contribution in [0.1, 0.15) is 38.1 Å². The Bertz CT molecular complexity index is 556. The fourth-order valence-corrected chi connectivity index (χ4v) is 2.38. The van der Waals surface area contributed by atoms with Gasteiger partial charge in [0, 0.05) is 30.8 Å². The molecule has 0 aromatic carbocycles. The first-order valence-electron chi connectivity index (χ1n) is 6.81. The lowest BCUT2D eigenvalue weighted by Gasteiger charge is -2.15. The predicted octanol–water partition coefficient (Wildman–Crippen LogP) is 1.80. The maximum absolute atomic E-state index is 11.5. The van der Waals surface area contributed by atoms with Crippen molar-refractivity contribution in [2.45, 2.75) is 33.6 Å². The van der Waals surface area contributed by atoms with Crippen LogP contribution in [0.4, 0.5) is 11.6 Å². The minimum Gasteiger partial charge on any atom is -0.373 e. The summed E-state index contributed by atoms with van der Waals surface area (Å²) in [4.78, 5) is 8.91. The van der Waals surface area contributed by atoms with Gasteiger partial charge < -0.3 is 10.6 Å². The first-order valence-corrected chi connectivity index (χ1v) is 8.63. The van der Waals surface area contributed by atoms with Crippen molar-refractivity contribution >= 4 is 21.5 Å². The summed E-state index contributed by atoms with van der Waals surface area (Å²) >= 11 is 0. The topological polar surface area (TPSA) is 84.0 Å². The summed E-state index contributed by atoms with van der Waals surface area (Å²) < 4.78 is 23.0. The van der Waals surface area contributed by atoms with E-state index in [4.69, 9.17) is 0 Å². The minimum atomic E-state index is -2.97. The van der Waals surface area contributed by atoms with Gasteiger partial charge in [-0.05, 0) is 6.92 Å². The zero-order chi connectivity index (χ0) is 15.3. The minimum absolute atomic E-state index is 0.110. The van der Waals surface area contributed by atoms with Crippen LogP contribution in [0.15, 0.2) is 0 Å². The smallest absolute Gasteiger partial charge is 0.151 e. The van der Waals surface area contributed by atoms with Gasteiger partial charge in [0.1, 0.15) is 17.5 Å². The number of nitrogens with zero attached hydrogens (tertiary/aromatic N) is 2. The second kappa shape index (κ2) is 6.88. The molecule has 2 N–H and O–H groups in total. The normalized spacial score (nSPS) is 11.7. The van der Waals surface area contributed by atoms with Crippen molar-refractivity contribution in [3.8, 4) is 0 Å². The number of aromatic nitrogens is 2. The average molecular weight is 300 g/mol. The van der Waals surface area contributed by atoms with Crippen LogP contribution in [0.25, 0.3) is 0 Å². The SMILES string of the molecule is CCS(=O)(=O)CCNc1nc(C(C)C)nc(NC)c1C. The molecule has 1 rings (SSSR count). The predicted molar refractivity (Wildman–Crippen MR) is 83.2 cm³/mol. The van der Waals surface area contributed by atoms with E-state index in [9.17, 15) is 8.42 Å². The third kappa shape index (κ3) is 4.33. The van der Waals surface area contributed by atoms with E-state index in [1.165, 1.54) is 0 Å². The van der Waals surface area contributed by atoms with Crippen molar-refractivity contribution in [2.24, 2.45) is 0 Å². The van der Waals surface area contributed by atoms with Crippen LogP contribution in [0.2, 0.25) is 0 Å². The number of rotatable bonds is 7. The molecular formula is C13H24N4O2S. The third-order valence-electron chi connectivity index (χ3n) is 3.06. The molecule has 0 fully saturated rings. The monoisotopic (exact) mass is 300 g/mol. The van der Waals surface area contributed by atoms with Crippen molar-refractivity contribution in [3.63, 3.8) is 0 Å². The van der Waals surface area contributed by atoms with Gasteiger partial charge in [-0.1, -0.05) is 20.8 Å². The van der Waals surface area contributed by atoms with E-state index < -0.39 is 9.84 Å². The van der Waals surface area contributed by atoms with Crippen molar-refractivity contribution in [3.05, 3.63) is 11.4 Å². The summed E-state index contributed by atoms with van der Waals surface area (Å²) in [5, 5.41) is 6.14. The van der Waals surface area contributed by atoms with Crippen molar-refractivity contribution in [1.82, 2.24) is 9.97 Å². The molecule has 0 atom stereocenters. The molecule has 20 heavy (non-hydrogen) atoms. The second-order valence-electron chi connectivity index (χ2n) is 4.97. The van der Waals surface area contributed by atoms with Crippen LogP contribution >= 0.6 is 0 Å². The molecule has 7 heteroatoms. The Morgan fingerprint density at radius 3 is 2.30 bits per heavy atom. The summed E-state index contributed by atoms with van der Waals surface area (Å²) in [6, 6.07) is 0. The Morgan fingerprint density at radius 2 is 1.80 bits per heavy atom. The molecule has 1 aromatic heterocycles. The average Bonchev–Trinajstić information content (AvgIpc) is 2.40. The summed E-state index contributed by atoms with van der Waals surface area (Å²) in [6.07, 6.45) is 0. The summed E-state index contributed by atoms with van der Waals surface area (Å²) in [5.74, 6) is 2.68. The number of nitrogens with one attached hydrogen (secondary N) is 2. The first-order chi connectivity index (χ1) is 9.30. The lowest BCUT2D eigenvalue weighted by Crippen LogP contribution is -2.19. The van der Waals surface area contributed by atoms with Crippen LogP contribution in [0.3, 0.4) is 0 Å². The Kier molecular flexibility index (Phi) is 5.74. The third-order valence-corrected chi connectivity index (χ3v) is 4.77. The Balaban J connectivity index is 2.91. The van der Waals surface area contributed by atoms with Gasteiger partial charge in [-0.3, -0.25) is 0 Å². The highest BCUT2D eigenvalue weighted by Gasteiger charge is 2.13. The molecule has 0 saturated heterocycles. The summed E-state index contributed by atoms with van der Waals surface area (Å²) in [5.41, 5.74) is 0.894.